The van der Waals surface area contributed by atoms with Crippen molar-refractivity contribution in [1.29, 1.82) is 0 Å². The summed E-state index contributed by atoms with van der Waals surface area (Å²) in [5.74, 6) is 0.988. The molecule has 6 nitrogen and oxygen atoms in total. The van der Waals surface area contributed by atoms with E-state index in [1.165, 1.54) is 11.8 Å². The summed E-state index contributed by atoms with van der Waals surface area (Å²) >= 11 is 4.68. The number of amides is 1. The van der Waals surface area contributed by atoms with E-state index in [0.29, 0.717) is 0 Å². The third kappa shape index (κ3) is 4.71. The predicted molar refractivity (Wildman–Crippen MR) is 97.6 cm³/mol. The van der Waals surface area contributed by atoms with E-state index in [1.807, 2.05) is 27.8 Å². The zero-order chi connectivity index (χ0) is 17.0. The standard InChI is InChI=1S/C14H21N5OS3/c1-6-7-21-13-16-17-14(23-13)22-10(4)12(20)15-11-8(2)18-19(5)9(11)3/h10H,6-7H2,1-5H3,(H,15,20)/t10-/m1/s1. The van der Waals surface area contributed by atoms with Crippen LogP contribution in [0.15, 0.2) is 8.68 Å². The third-order valence-corrected chi connectivity index (χ3v) is 6.67. The van der Waals surface area contributed by atoms with E-state index in [0.717, 1.165) is 37.9 Å². The maximum Gasteiger partial charge on any atom is 0.237 e. The lowest BCUT2D eigenvalue weighted by Gasteiger charge is -2.10. The first kappa shape index (κ1) is 18.3. The van der Waals surface area contributed by atoms with Gasteiger partial charge in [-0.1, -0.05) is 41.8 Å². The van der Waals surface area contributed by atoms with Crippen molar-refractivity contribution in [3.8, 4) is 0 Å². The van der Waals surface area contributed by atoms with Crippen molar-refractivity contribution in [1.82, 2.24) is 20.0 Å². The average molecular weight is 372 g/mol. The Balaban J connectivity index is 1.96. The molecule has 0 unspecified atom stereocenters. The second kappa shape index (κ2) is 8.16. The Kier molecular flexibility index (Phi) is 6.49. The number of nitrogens with zero attached hydrogens (tertiary/aromatic N) is 4. The number of thioether (sulfide) groups is 2. The lowest BCUT2D eigenvalue weighted by Crippen LogP contribution is -2.23. The number of aromatic nitrogens is 4. The molecule has 1 atom stereocenters. The second-order valence-electron chi connectivity index (χ2n) is 5.10. The summed E-state index contributed by atoms with van der Waals surface area (Å²) in [5.41, 5.74) is 2.56. The molecule has 0 spiro atoms. The Bertz CT molecular complexity index is 682. The van der Waals surface area contributed by atoms with Crippen LogP contribution in [0.1, 0.15) is 31.7 Å². The van der Waals surface area contributed by atoms with E-state index < -0.39 is 0 Å². The summed E-state index contributed by atoms with van der Waals surface area (Å²) in [6.07, 6.45) is 1.11. The lowest BCUT2D eigenvalue weighted by atomic mass is 10.3. The number of anilines is 1. The van der Waals surface area contributed by atoms with Gasteiger partial charge in [0.15, 0.2) is 8.68 Å². The van der Waals surface area contributed by atoms with Gasteiger partial charge < -0.3 is 5.32 Å². The molecule has 0 aliphatic rings. The highest BCUT2D eigenvalue weighted by molar-refractivity contribution is 8.03. The summed E-state index contributed by atoms with van der Waals surface area (Å²) in [5, 5.41) is 15.3. The van der Waals surface area contributed by atoms with E-state index in [-0.39, 0.29) is 11.2 Å². The Hall–Kier alpha value is -1.06. The summed E-state index contributed by atoms with van der Waals surface area (Å²) in [6.45, 7) is 7.84. The molecule has 23 heavy (non-hydrogen) atoms. The van der Waals surface area contributed by atoms with Gasteiger partial charge in [-0.3, -0.25) is 9.48 Å². The molecule has 2 aromatic rings. The van der Waals surface area contributed by atoms with E-state index in [1.54, 1.807) is 27.8 Å². The molecule has 0 aromatic carbocycles. The predicted octanol–water partition coefficient (Wildman–Crippen LogP) is 3.51. The largest absolute Gasteiger partial charge is 0.322 e. The van der Waals surface area contributed by atoms with Gasteiger partial charge in [0, 0.05) is 12.8 Å². The molecule has 0 radical (unpaired) electrons. The molecule has 0 aliphatic carbocycles. The Morgan fingerprint density at radius 2 is 2.04 bits per heavy atom. The van der Waals surface area contributed by atoms with Crippen LogP contribution >= 0.6 is 34.9 Å². The van der Waals surface area contributed by atoms with Crippen LogP contribution in [0.4, 0.5) is 5.69 Å². The minimum absolute atomic E-state index is 0.0489. The molecule has 0 aliphatic heterocycles. The van der Waals surface area contributed by atoms with Gasteiger partial charge in [-0.05, 0) is 27.2 Å². The summed E-state index contributed by atoms with van der Waals surface area (Å²) in [6, 6.07) is 0. The molecule has 0 saturated carbocycles. The summed E-state index contributed by atoms with van der Waals surface area (Å²) in [7, 11) is 1.87. The highest BCUT2D eigenvalue weighted by Gasteiger charge is 2.20. The van der Waals surface area contributed by atoms with Gasteiger partial charge in [0.25, 0.3) is 0 Å². The Labute approximate surface area is 148 Å². The van der Waals surface area contributed by atoms with E-state index >= 15 is 0 Å². The van der Waals surface area contributed by atoms with Gasteiger partial charge in [-0.25, -0.2) is 0 Å². The molecule has 2 heterocycles. The van der Waals surface area contributed by atoms with E-state index in [2.05, 4.69) is 27.5 Å². The number of hydrogen-bond acceptors (Lipinski definition) is 7. The first-order valence-corrected chi connectivity index (χ1v) is 10.0. The van der Waals surface area contributed by atoms with Crippen molar-refractivity contribution >= 4 is 46.5 Å². The van der Waals surface area contributed by atoms with Gasteiger partial charge in [0.05, 0.1) is 22.3 Å². The molecule has 2 rings (SSSR count). The molecular formula is C14H21N5OS3. The lowest BCUT2D eigenvalue weighted by molar-refractivity contribution is -0.115. The van der Waals surface area contributed by atoms with Crippen LogP contribution in [0.3, 0.4) is 0 Å². The molecule has 2 aromatic heterocycles. The maximum absolute atomic E-state index is 12.4. The van der Waals surface area contributed by atoms with Crippen molar-refractivity contribution in [3.05, 3.63) is 11.4 Å². The zero-order valence-corrected chi connectivity index (χ0v) is 16.4. The van der Waals surface area contributed by atoms with Gasteiger partial charge in [-0.2, -0.15) is 5.10 Å². The second-order valence-corrected chi connectivity index (χ2v) is 9.01. The van der Waals surface area contributed by atoms with Gasteiger partial charge in [0.1, 0.15) is 0 Å². The molecule has 0 bridgehead atoms. The topological polar surface area (TPSA) is 72.7 Å². The fourth-order valence-electron chi connectivity index (χ4n) is 1.88. The molecule has 9 heteroatoms. The maximum atomic E-state index is 12.4. The Morgan fingerprint density at radius 1 is 1.35 bits per heavy atom. The Morgan fingerprint density at radius 3 is 2.65 bits per heavy atom. The van der Waals surface area contributed by atoms with E-state index in [9.17, 15) is 4.79 Å². The minimum Gasteiger partial charge on any atom is -0.322 e. The van der Waals surface area contributed by atoms with Gasteiger partial charge in [-0.15, -0.1) is 10.2 Å². The zero-order valence-electron chi connectivity index (χ0n) is 13.9. The smallest absolute Gasteiger partial charge is 0.237 e. The SMILES string of the molecule is CCCSc1nnc(S[C@H](C)C(=O)Nc2c(C)nn(C)c2C)s1. The van der Waals surface area contributed by atoms with Crippen LogP contribution in [0.2, 0.25) is 0 Å². The molecule has 0 fully saturated rings. The first-order valence-electron chi connectivity index (χ1n) is 7.36. The minimum atomic E-state index is -0.244. The van der Waals surface area contributed by atoms with Crippen LogP contribution in [0.5, 0.6) is 0 Å². The van der Waals surface area contributed by atoms with Gasteiger partial charge in [0.2, 0.25) is 5.91 Å². The van der Waals surface area contributed by atoms with Crippen LogP contribution in [-0.4, -0.2) is 36.9 Å². The van der Waals surface area contributed by atoms with Crippen molar-refractivity contribution < 1.29 is 4.79 Å². The van der Waals surface area contributed by atoms with Crippen molar-refractivity contribution in [2.24, 2.45) is 7.05 Å². The number of hydrogen-bond donors (Lipinski definition) is 1. The quantitative estimate of drug-likeness (QED) is 0.751. The third-order valence-electron chi connectivity index (χ3n) is 3.22. The fraction of sp³-hybridized carbons (Fsp3) is 0.571. The number of carbonyl (C=O) groups is 1. The van der Waals surface area contributed by atoms with Crippen LogP contribution in [-0.2, 0) is 11.8 Å². The molecular weight excluding hydrogens is 350 g/mol. The molecule has 126 valence electrons. The number of carbonyl (C=O) groups excluding carboxylic acids is 1. The normalized spacial score (nSPS) is 12.4. The first-order chi connectivity index (χ1) is 10.9. The monoisotopic (exact) mass is 371 g/mol. The molecule has 0 saturated heterocycles. The fourth-order valence-corrected chi connectivity index (χ4v) is 4.97. The van der Waals surface area contributed by atoms with Crippen LogP contribution in [0, 0.1) is 13.8 Å². The summed E-state index contributed by atoms with van der Waals surface area (Å²) < 4.78 is 3.55. The highest BCUT2D eigenvalue weighted by atomic mass is 32.2. The molecule has 1 amide bonds. The average Bonchev–Trinajstić information content (AvgIpc) is 3.05. The van der Waals surface area contributed by atoms with E-state index in [4.69, 9.17) is 0 Å². The van der Waals surface area contributed by atoms with Crippen LogP contribution in [0.25, 0.3) is 0 Å². The molecule has 1 N–H and O–H groups in total. The number of nitrogens with one attached hydrogen (secondary N) is 1. The van der Waals surface area contributed by atoms with Crippen LogP contribution < -0.4 is 5.32 Å². The van der Waals surface area contributed by atoms with Crippen molar-refractivity contribution in [3.63, 3.8) is 0 Å². The van der Waals surface area contributed by atoms with Gasteiger partial charge >= 0.3 is 0 Å². The van der Waals surface area contributed by atoms with Crippen molar-refractivity contribution in [2.45, 2.75) is 48.0 Å². The highest BCUT2D eigenvalue weighted by Crippen LogP contribution is 2.32. The number of rotatable bonds is 7. The number of aryl methyl sites for hydroxylation is 2. The van der Waals surface area contributed by atoms with Crippen molar-refractivity contribution in [2.75, 3.05) is 11.1 Å². The summed E-state index contributed by atoms with van der Waals surface area (Å²) in [4.78, 5) is 12.4.